The molecule has 4 rings (SSSR count). The van der Waals surface area contributed by atoms with E-state index in [0.717, 1.165) is 18.2 Å². The molecule has 1 aromatic heterocycles. The highest BCUT2D eigenvalue weighted by molar-refractivity contribution is 5.99. The van der Waals surface area contributed by atoms with Gasteiger partial charge in [0.15, 0.2) is 0 Å². The molecule has 3 aromatic rings. The van der Waals surface area contributed by atoms with Crippen LogP contribution in [0.1, 0.15) is 64.3 Å². The van der Waals surface area contributed by atoms with Gasteiger partial charge < -0.3 is 20.5 Å². The van der Waals surface area contributed by atoms with E-state index in [-0.39, 0.29) is 18.1 Å². The molecule has 1 aliphatic rings. The van der Waals surface area contributed by atoms with Crippen molar-refractivity contribution in [3.63, 3.8) is 0 Å². The van der Waals surface area contributed by atoms with Crippen molar-refractivity contribution in [2.45, 2.75) is 50.0 Å². The Morgan fingerprint density at radius 1 is 1.10 bits per heavy atom. The van der Waals surface area contributed by atoms with Crippen molar-refractivity contribution in [2.75, 3.05) is 19.0 Å². The molecule has 11 heteroatoms. The molecule has 0 spiro atoms. The van der Waals surface area contributed by atoms with Gasteiger partial charge in [0.1, 0.15) is 5.82 Å². The van der Waals surface area contributed by atoms with Crippen molar-refractivity contribution in [3.8, 4) is 0 Å². The first kappa shape index (κ1) is 29.2. The molecule has 0 aliphatic heterocycles. The fourth-order valence-electron chi connectivity index (χ4n) is 4.91. The van der Waals surface area contributed by atoms with Gasteiger partial charge in [-0.3, -0.25) is 14.6 Å². The van der Waals surface area contributed by atoms with E-state index < -0.39 is 41.5 Å². The van der Waals surface area contributed by atoms with Gasteiger partial charge >= 0.3 is 6.18 Å². The highest BCUT2D eigenvalue weighted by Gasteiger charge is 2.37. The minimum absolute atomic E-state index is 0.0888. The summed E-state index contributed by atoms with van der Waals surface area (Å²) in [5.74, 6) is -1.92. The van der Waals surface area contributed by atoms with Crippen LogP contribution in [0.4, 0.5) is 23.2 Å². The summed E-state index contributed by atoms with van der Waals surface area (Å²) >= 11 is 0. The van der Waals surface area contributed by atoms with Crippen molar-refractivity contribution in [3.05, 3.63) is 94.6 Å². The standard InChI is InChI=1S/C29H29F4N3O4/c1-40-17-20-7-8-21(15-23(20)30)28(39)11-9-18(10-12-28)26-24(6-3-13-34-26)36-25(37)16-35-27(38)19-4-2-5-22(14-19)29(31,32)33/h2-8,13-15,18,39H,9-12,16-17H2,1H3,(H,35,38)(H,36,37). The lowest BCUT2D eigenvalue weighted by Crippen LogP contribution is -2.34. The first-order chi connectivity index (χ1) is 19.0. The Kier molecular flexibility index (Phi) is 8.85. The Bertz CT molecular complexity index is 1370. The number of benzene rings is 2. The molecule has 3 N–H and O–H groups in total. The maximum atomic E-state index is 14.4. The van der Waals surface area contributed by atoms with Crippen LogP contribution >= 0.6 is 0 Å². The second-order valence-electron chi connectivity index (χ2n) is 9.79. The van der Waals surface area contributed by atoms with Gasteiger partial charge in [0.2, 0.25) is 5.91 Å². The second kappa shape index (κ2) is 12.1. The molecular weight excluding hydrogens is 530 g/mol. The summed E-state index contributed by atoms with van der Waals surface area (Å²) in [6, 6.07) is 11.9. The predicted octanol–water partition coefficient (Wildman–Crippen LogP) is 5.30. The number of nitrogens with one attached hydrogen (secondary N) is 2. The van der Waals surface area contributed by atoms with Crippen molar-refractivity contribution < 1.29 is 37.0 Å². The largest absolute Gasteiger partial charge is 0.416 e. The number of nitrogens with zero attached hydrogens (tertiary/aromatic N) is 1. The zero-order chi connectivity index (χ0) is 28.9. The monoisotopic (exact) mass is 559 g/mol. The third kappa shape index (κ3) is 6.83. The third-order valence-electron chi connectivity index (χ3n) is 7.06. The van der Waals surface area contributed by atoms with Crippen molar-refractivity contribution in [1.29, 1.82) is 0 Å². The maximum absolute atomic E-state index is 14.4. The molecule has 1 fully saturated rings. The van der Waals surface area contributed by atoms with Crippen LogP contribution in [0.3, 0.4) is 0 Å². The van der Waals surface area contributed by atoms with Gasteiger partial charge in [-0.25, -0.2) is 4.39 Å². The number of hydrogen-bond acceptors (Lipinski definition) is 5. The predicted molar refractivity (Wildman–Crippen MR) is 139 cm³/mol. The van der Waals surface area contributed by atoms with Crippen LogP contribution in [0.2, 0.25) is 0 Å². The topological polar surface area (TPSA) is 101 Å². The SMILES string of the molecule is COCc1ccc(C2(O)CCC(c3ncccc3NC(=O)CNC(=O)c3cccc(C(F)(F)F)c3)CC2)cc1F. The summed E-state index contributed by atoms with van der Waals surface area (Å²) in [5, 5.41) is 16.3. The van der Waals surface area contributed by atoms with Crippen LogP contribution in [-0.2, 0) is 27.9 Å². The number of alkyl halides is 3. The molecule has 0 saturated heterocycles. The number of halogens is 4. The van der Waals surface area contributed by atoms with Crippen LogP contribution in [0.25, 0.3) is 0 Å². The summed E-state index contributed by atoms with van der Waals surface area (Å²) in [4.78, 5) is 29.3. The smallest absolute Gasteiger partial charge is 0.385 e. The fraction of sp³-hybridized carbons (Fsp3) is 0.345. The highest BCUT2D eigenvalue weighted by atomic mass is 19.4. The van der Waals surface area contributed by atoms with Gasteiger partial charge in [-0.1, -0.05) is 18.2 Å². The normalized spacial score (nSPS) is 19.2. The summed E-state index contributed by atoms with van der Waals surface area (Å²) in [6.45, 7) is -0.325. The molecule has 1 heterocycles. The number of pyridine rings is 1. The lowest BCUT2D eigenvalue weighted by atomic mass is 9.74. The van der Waals surface area contributed by atoms with Gasteiger partial charge in [-0.2, -0.15) is 13.2 Å². The van der Waals surface area contributed by atoms with E-state index in [4.69, 9.17) is 4.74 Å². The van der Waals surface area contributed by atoms with Crippen LogP contribution < -0.4 is 10.6 Å². The molecule has 0 atom stereocenters. The minimum atomic E-state index is -4.59. The van der Waals surface area contributed by atoms with Gasteiger partial charge in [-0.15, -0.1) is 0 Å². The Balaban J connectivity index is 1.37. The number of aromatic nitrogens is 1. The van der Waals surface area contributed by atoms with Gasteiger partial charge in [0.05, 0.1) is 35.7 Å². The Morgan fingerprint density at radius 2 is 1.85 bits per heavy atom. The number of carbonyl (C=O) groups is 2. The Morgan fingerprint density at radius 3 is 2.52 bits per heavy atom. The second-order valence-corrected chi connectivity index (χ2v) is 9.79. The number of methoxy groups -OCH3 is 1. The van der Waals surface area contributed by atoms with Crippen LogP contribution in [0, 0.1) is 5.82 Å². The van der Waals surface area contributed by atoms with Gasteiger partial charge in [-0.05, 0) is 67.6 Å². The number of hydrogen-bond donors (Lipinski definition) is 3. The van der Waals surface area contributed by atoms with Crippen LogP contribution in [0.15, 0.2) is 60.8 Å². The molecule has 2 aromatic carbocycles. The molecular formula is C29H29F4N3O4. The number of amides is 2. The van der Waals surface area contributed by atoms with Gasteiger partial charge in [0, 0.05) is 30.4 Å². The van der Waals surface area contributed by atoms with Crippen LogP contribution in [-0.4, -0.2) is 35.6 Å². The first-order valence-corrected chi connectivity index (χ1v) is 12.7. The molecule has 40 heavy (non-hydrogen) atoms. The summed E-state index contributed by atoms with van der Waals surface area (Å²) < 4.78 is 58.2. The zero-order valence-corrected chi connectivity index (χ0v) is 21.7. The van der Waals surface area contributed by atoms with Crippen molar-refractivity contribution >= 4 is 17.5 Å². The van der Waals surface area contributed by atoms with E-state index in [1.807, 2.05) is 0 Å². The molecule has 0 bridgehead atoms. The zero-order valence-electron chi connectivity index (χ0n) is 21.7. The summed E-state index contributed by atoms with van der Waals surface area (Å²) in [5.41, 5.74) is -0.424. The fourth-order valence-corrected chi connectivity index (χ4v) is 4.91. The average molecular weight is 560 g/mol. The number of rotatable bonds is 8. The van der Waals surface area contributed by atoms with Gasteiger partial charge in [0.25, 0.3) is 5.91 Å². The highest BCUT2D eigenvalue weighted by Crippen LogP contribution is 2.44. The molecule has 1 aliphatic carbocycles. The number of aliphatic hydroxyl groups is 1. The Hall–Kier alpha value is -3.83. The summed E-state index contributed by atoms with van der Waals surface area (Å²) in [7, 11) is 1.48. The van der Waals surface area contributed by atoms with Crippen LogP contribution in [0.5, 0.6) is 0 Å². The molecule has 1 saturated carbocycles. The number of ether oxygens (including phenoxy) is 1. The van der Waals surface area contributed by atoms with E-state index in [2.05, 4.69) is 15.6 Å². The van der Waals surface area contributed by atoms with Crippen molar-refractivity contribution in [1.82, 2.24) is 10.3 Å². The van der Waals surface area contributed by atoms with E-state index in [0.29, 0.717) is 48.2 Å². The number of anilines is 1. The van der Waals surface area contributed by atoms with E-state index in [1.165, 1.54) is 19.2 Å². The average Bonchev–Trinajstić information content (AvgIpc) is 2.93. The molecule has 7 nitrogen and oxygen atoms in total. The van der Waals surface area contributed by atoms with E-state index >= 15 is 0 Å². The van der Waals surface area contributed by atoms with E-state index in [9.17, 15) is 32.3 Å². The summed E-state index contributed by atoms with van der Waals surface area (Å²) in [6.07, 6.45) is -1.22. The first-order valence-electron chi connectivity index (χ1n) is 12.7. The maximum Gasteiger partial charge on any atom is 0.416 e. The Labute approximate surface area is 228 Å². The molecule has 0 radical (unpaired) electrons. The quantitative estimate of drug-likeness (QED) is 0.325. The lowest BCUT2D eigenvalue weighted by Gasteiger charge is -2.36. The molecule has 212 valence electrons. The van der Waals surface area contributed by atoms with Crippen molar-refractivity contribution in [2.24, 2.45) is 0 Å². The number of carbonyl (C=O) groups excluding carboxylic acids is 2. The third-order valence-corrected chi connectivity index (χ3v) is 7.06. The minimum Gasteiger partial charge on any atom is -0.385 e. The molecule has 0 unspecified atom stereocenters. The molecule has 2 amide bonds. The van der Waals surface area contributed by atoms with E-state index in [1.54, 1.807) is 30.5 Å². The lowest BCUT2D eigenvalue weighted by molar-refractivity contribution is -0.137.